The molecule has 1 unspecified atom stereocenters. The highest BCUT2D eigenvalue weighted by molar-refractivity contribution is 7.99. The third-order valence-corrected chi connectivity index (χ3v) is 4.97. The molecule has 0 aromatic heterocycles. The number of amidine groups is 1. The molecular formula is C15H22N4S. The minimum absolute atomic E-state index is 0.649. The van der Waals surface area contributed by atoms with Gasteiger partial charge < -0.3 is 15.4 Å². The molecule has 1 saturated heterocycles. The zero-order chi connectivity index (χ0) is 13.9. The van der Waals surface area contributed by atoms with Gasteiger partial charge in [0.05, 0.1) is 17.8 Å². The van der Waals surface area contributed by atoms with Crippen molar-refractivity contribution in [2.45, 2.75) is 38.1 Å². The highest BCUT2D eigenvalue weighted by Gasteiger charge is 2.21. The Bertz CT molecular complexity index is 515. The first-order chi connectivity index (χ1) is 9.75. The van der Waals surface area contributed by atoms with Crippen LogP contribution in [-0.2, 0) is 6.42 Å². The maximum atomic E-state index is 6.06. The second-order valence-corrected chi connectivity index (χ2v) is 6.25. The molecule has 2 heterocycles. The number of piperidine rings is 1. The van der Waals surface area contributed by atoms with E-state index in [2.05, 4.69) is 39.3 Å². The fraction of sp³-hybridized carbons (Fsp3) is 0.533. The van der Waals surface area contributed by atoms with Crippen molar-refractivity contribution < 1.29 is 0 Å². The number of likely N-dealkylation sites (tertiary alicyclic amines) is 1. The average Bonchev–Trinajstić information content (AvgIpc) is 2.46. The highest BCUT2D eigenvalue weighted by atomic mass is 32.2. The monoisotopic (exact) mass is 290 g/mol. The lowest BCUT2D eigenvalue weighted by Crippen LogP contribution is -2.36. The van der Waals surface area contributed by atoms with Crippen LogP contribution in [-0.4, -0.2) is 30.4 Å². The number of benzene rings is 1. The van der Waals surface area contributed by atoms with Crippen LogP contribution in [0.4, 0.5) is 5.69 Å². The number of nitrogens with one attached hydrogen (secondary N) is 1. The number of nitrogens with zero attached hydrogens (tertiary/aromatic N) is 2. The van der Waals surface area contributed by atoms with E-state index < -0.39 is 0 Å². The van der Waals surface area contributed by atoms with Crippen LogP contribution < -0.4 is 10.5 Å². The Morgan fingerprint density at radius 3 is 3.20 bits per heavy atom. The van der Waals surface area contributed by atoms with Crippen LogP contribution >= 0.6 is 12.1 Å². The molecule has 2 aliphatic heterocycles. The van der Waals surface area contributed by atoms with Gasteiger partial charge in [-0.25, -0.2) is 0 Å². The summed E-state index contributed by atoms with van der Waals surface area (Å²) in [7, 11) is 2.25. The van der Waals surface area contributed by atoms with Crippen molar-refractivity contribution in [3.05, 3.63) is 29.3 Å². The predicted molar refractivity (Wildman–Crippen MR) is 87.0 cm³/mol. The number of aryl methyl sites for hydroxylation is 1. The molecule has 1 fully saturated rings. The molecule has 4 nitrogen and oxygen atoms in total. The number of nitrogens with two attached hydrogens (primary N) is 1. The Balaban J connectivity index is 1.74. The van der Waals surface area contributed by atoms with E-state index in [4.69, 9.17) is 5.73 Å². The second kappa shape index (κ2) is 6.06. The molecule has 1 atom stereocenters. The number of anilines is 1. The summed E-state index contributed by atoms with van der Waals surface area (Å²) >= 11 is 1.31. The van der Waals surface area contributed by atoms with Gasteiger partial charge in [0.15, 0.2) is 0 Å². The minimum Gasteiger partial charge on any atom is -0.383 e. The zero-order valence-corrected chi connectivity index (χ0v) is 12.7. The molecule has 0 bridgehead atoms. The Labute approximate surface area is 125 Å². The Kier molecular flexibility index (Phi) is 4.17. The average molecular weight is 290 g/mol. The van der Waals surface area contributed by atoms with E-state index in [0.717, 1.165) is 17.7 Å². The van der Waals surface area contributed by atoms with E-state index in [-0.39, 0.29) is 0 Å². The van der Waals surface area contributed by atoms with E-state index in [0.29, 0.717) is 11.9 Å². The van der Waals surface area contributed by atoms with Gasteiger partial charge in [0.1, 0.15) is 5.84 Å². The fourth-order valence-electron chi connectivity index (χ4n) is 3.19. The van der Waals surface area contributed by atoms with Gasteiger partial charge in [0.25, 0.3) is 0 Å². The lowest BCUT2D eigenvalue weighted by Gasteiger charge is -2.32. The topological polar surface area (TPSA) is 53.6 Å². The summed E-state index contributed by atoms with van der Waals surface area (Å²) in [4.78, 5) is 2.50. The SMILES string of the molecule is CN1CCCCC1CCc1cccc2c1C(N)=NSN2. The van der Waals surface area contributed by atoms with Crippen LogP contribution in [0.2, 0.25) is 0 Å². The molecule has 5 heteroatoms. The van der Waals surface area contributed by atoms with Crippen molar-refractivity contribution in [2.75, 3.05) is 18.3 Å². The maximum Gasteiger partial charge on any atom is 0.143 e. The molecule has 20 heavy (non-hydrogen) atoms. The Hall–Kier alpha value is -1.20. The van der Waals surface area contributed by atoms with Crippen LogP contribution in [0, 0.1) is 0 Å². The van der Waals surface area contributed by atoms with Crippen LogP contribution in [0.15, 0.2) is 22.6 Å². The van der Waals surface area contributed by atoms with E-state index in [9.17, 15) is 0 Å². The number of hydrogen-bond donors (Lipinski definition) is 2. The number of rotatable bonds is 3. The van der Waals surface area contributed by atoms with Crippen molar-refractivity contribution in [2.24, 2.45) is 10.1 Å². The summed E-state index contributed by atoms with van der Waals surface area (Å²) in [5.74, 6) is 0.649. The molecule has 0 amide bonds. The van der Waals surface area contributed by atoms with Crippen molar-refractivity contribution in [1.82, 2.24) is 4.90 Å². The lowest BCUT2D eigenvalue weighted by atomic mass is 9.94. The summed E-state index contributed by atoms with van der Waals surface area (Å²) in [6, 6.07) is 7.07. The molecule has 0 aliphatic carbocycles. The highest BCUT2D eigenvalue weighted by Crippen LogP contribution is 2.29. The van der Waals surface area contributed by atoms with Crippen LogP contribution in [0.25, 0.3) is 0 Å². The molecule has 0 spiro atoms. The Morgan fingerprint density at radius 1 is 1.45 bits per heavy atom. The molecule has 3 N–H and O–H groups in total. The lowest BCUT2D eigenvalue weighted by molar-refractivity contribution is 0.176. The first-order valence-corrected chi connectivity index (χ1v) is 8.11. The van der Waals surface area contributed by atoms with Gasteiger partial charge in [-0.05, 0) is 50.9 Å². The summed E-state index contributed by atoms with van der Waals surface area (Å²) in [5, 5.41) is 0. The molecule has 0 radical (unpaired) electrons. The van der Waals surface area contributed by atoms with Crippen LogP contribution in [0.1, 0.15) is 36.8 Å². The molecule has 1 aromatic carbocycles. The van der Waals surface area contributed by atoms with E-state index in [1.807, 2.05) is 0 Å². The van der Waals surface area contributed by atoms with Crippen molar-refractivity contribution in [3.63, 3.8) is 0 Å². The van der Waals surface area contributed by atoms with Gasteiger partial charge in [-0.2, -0.15) is 4.40 Å². The predicted octanol–water partition coefficient (Wildman–Crippen LogP) is 2.80. The fourth-order valence-corrected chi connectivity index (χ4v) is 3.70. The summed E-state index contributed by atoms with van der Waals surface area (Å²) in [6.45, 7) is 1.24. The maximum absolute atomic E-state index is 6.06. The molecule has 1 aromatic rings. The standard InChI is InChI=1S/C15H22N4S/c1-19-10-3-2-6-12(19)9-8-11-5-4-7-13-14(11)15(16)18-20-17-13/h4-5,7,12,17H,2-3,6,8-10H2,1H3,(H2,16,18). The third kappa shape index (κ3) is 2.79. The van der Waals surface area contributed by atoms with Gasteiger partial charge >= 0.3 is 0 Å². The first-order valence-electron chi connectivity index (χ1n) is 7.33. The van der Waals surface area contributed by atoms with Gasteiger partial charge in [0, 0.05) is 11.6 Å². The van der Waals surface area contributed by atoms with Crippen molar-refractivity contribution >= 4 is 23.7 Å². The van der Waals surface area contributed by atoms with Gasteiger partial charge in [-0.3, -0.25) is 0 Å². The van der Waals surface area contributed by atoms with Crippen LogP contribution in [0.3, 0.4) is 0 Å². The number of hydrogen-bond acceptors (Lipinski definition) is 5. The molecule has 3 rings (SSSR count). The first kappa shape index (κ1) is 13.8. The van der Waals surface area contributed by atoms with Crippen molar-refractivity contribution in [1.29, 1.82) is 0 Å². The minimum atomic E-state index is 0.649. The molecule has 0 saturated carbocycles. The van der Waals surface area contributed by atoms with Crippen molar-refractivity contribution in [3.8, 4) is 0 Å². The largest absolute Gasteiger partial charge is 0.383 e. The second-order valence-electron chi connectivity index (χ2n) is 5.68. The van der Waals surface area contributed by atoms with E-state index in [1.165, 1.54) is 49.9 Å². The quantitative estimate of drug-likeness (QED) is 0.841. The summed E-state index contributed by atoms with van der Waals surface area (Å²) in [5.41, 5.74) is 9.57. The third-order valence-electron chi connectivity index (χ3n) is 4.37. The van der Waals surface area contributed by atoms with Crippen LogP contribution in [0.5, 0.6) is 0 Å². The summed E-state index contributed by atoms with van der Waals surface area (Å²) in [6.07, 6.45) is 6.30. The molecule has 108 valence electrons. The van der Waals surface area contributed by atoms with Gasteiger partial charge in [-0.15, -0.1) is 0 Å². The smallest absolute Gasteiger partial charge is 0.143 e. The van der Waals surface area contributed by atoms with Gasteiger partial charge in [0.2, 0.25) is 0 Å². The normalized spacial score (nSPS) is 22.9. The number of fused-ring (bicyclic) bond motifs is 1. The van der Waals surface area contributed by atoms with Gasteiger partial charge in [-0.1, -0.05) is 18.6 Å². The van der Waals surface area contributed by atoms with E-state index >= 15 is 0 Å². The molecule has 2 aliphatic rings. The Morgan fingerprint density at radius 2 is 2.35 bits per heavy atom. The summed E-state index contributed by atoms with van der Waals surface area (Å²) < 4.78 is 7.45. The van der Waals surface area contributed by atoms with E-state index in [1.54, 1.807) is 0 Å². The molecular weight excluding hydrogens is 268 g/mol. The zero-order valence-electron chi connectivity index (χ0n) is 11.9.